The predicted molar refractivity (Wildman–Crippen MR) is 110 cm³/mol. The van der Waals surface area contributed by atoms with E-state index < -0.39 is 0 Å². The van der Waals surface area contributed by atoms with Crippen LogP contribution in [0.5, 0.6) is 0 Å². The summed E-state index contributed by atoms with van der Waals surface area (Å²) in [6, 6.07) is 9.65. The first kappa shape index (κ1) is 18.6. The number of hydrogen-bond donors (Lipinski definition) is 2. The number of nitrogens with one attached hydrogen (secondary N) is 2. The van der Waals surface area contributed by atoms with Crippen molar-refractivity contribution < 1.29 is 0 Å². The number of nitrogens with zero attached hydrogens (tertiary/aromatic N) is 3. The van der Waals surface area contributed by atoms with Crippen LogP contribution in [0.1, 0.15) is 24.4 Å². The Labute approximate surface area is 162 Å². The van der Waals surface area contributed by atoms with Crippen molar-refractivity contribution in [2.75, 3.05) is 17.2 Å². The molecule has 26 heavy (non-hydrogen) atoms. The minimum absolute atomic E-state index is 0.542. The van der Waals surface area contributed by atoms with Crippen LogP contribution in [0.15, 0.2) is 36.5 Å². The number of hydrogen-bond acceptors (Lipinski definition) is 6. The van der Waals surface area contributed by atoms with Gasteiger partial charge in [0.05, 0.1) is 12.2 Å². The zero-order valence-electron chi connectivity index (χ0n) is 15.1. The van der Waals surface area contributed by atoms with E-state index in [2.05, 4.69) is 39.4 Å². The van der Waals surface area contributed by atoms with Crippen molar-refractivity contribution >= 4 is 34.7 Å². The molecule has 0 saturated carbocycles. The van der Waals surface area contributed by atoms with Gasteiger partial charge in [-0.25, -0.2) is 9.97 Å². The number of halogens is 1. The molecule has 5 nitrogen and oxygen atoms in total. The van der Waals surface area contributed by atoms with Crippen molar-refractivity contribution in [2.45, 2.75) is 27.3 Å². The van der Waals surface area contributed by atoms with Gasteiger partial charge in [0.15, 0.2) is 0 Å². The average molecular weight is 388 g/mol. The molecule has 136 valence electrons. The standard InChI is InChI=1S/C19H22ClN5S/c1-12(2)10-23-19-21-8-7-17(25-19)22-11-16-13(3)24-18(26-16)14-5-4-6-15(20)9-14/h4-9,12H,10-11H2,1-3H3,(H2,21,22,23,25). The second kappa shape index (κ2) is 8.47. The Bertz CT molecular complexity index is 878. The summed E-state index contributed by atoms with van der Waals surface area (Å²) in [6.07, 6.45) is 1.76. The van der Waals surface area contributed by atoms with Gasteiger partial charge in [-0.3, -0.25) is 0 Å². The number of aromatic nitrogens is 3. The fourth-order valence-electron chi connectivity index (χ4n) is 2.35. The van der Waals surface area contributed by atoms with Crippen LogP contribution in [0.3, 0.4) is 0 Å². The zero-order chi connectivity index (χ0) is 18.5. The van der Waals surface area contributed by atoms with E-state index in [-0.39, 0.29) is 0 Å². The highest BCUT2D eigenvalue weighted by molar-refractivity contribution is 7.15. The maximum absolute atomic E-state index is 6.09. The molecule has 0 fully saturated rings. The smallest absolute Gasteiger partial charge is 0.224 e. The highest BCUT2D eigenvalue weighted by Crippen LogP contribution is 2.29. The van der Waals surface area contributed by atoms with Crippen LogP contribution in [0.25, 0.3) is 10.6 Å². The van der Waals surface area contributed by atoms with Crippen molar-refractivity contribution in [1.82, 2.24) is 15.0 Å². The molecule has 0 saturated heterocycles. The molecule has 2 aromatic heterocycles. The van der Waals surface area contributed by atoms with Gasteiger partial charge in [-0.15, -0.1) is 11.3 Å². The lowest BCUT2D eigenvalue weighted by atomic mass is 10.2. The van der Waals surface area contributed by atoms with Crippen molar-refractivity contribution in [3.8, 4) is 10.6 Å². The molecule has 3 aromatic rings. The monoisotopic (exact) mass is 387 g/mol. The van der Waals surface area contributed by atoms with Gasteiger partial charge in [-0.05, 0) is 31.0 Å². The van der Waals surface area contributed by atoms with E-state index in [1.807, 2.05) is 37.3 Å². The van der Waals surface area contributed by atoms with Crippen molar-refractivity contribution in [2.24, 2.45) is 5.92 Å². The third-order valence-corrected chi connectivity index (χ3v) is 5.16. The molecule has 1 aromatic carbocycles. The lowest BCUT2D eigenvalue weighted by Gasteiger charge is -2.09. The number of thiazole rings is 1. The molecular weight excluding hydrogens is 366 g/mol. The summed E-state index contributed by atoms with van der Waals surface area (Å²) in [5, 5.41) is 8.30. The molecule has 0 aliphatic heterocycles. The van der Waals surface area contributed by atoms with Gasteiger partial charge in [0.25, 0.3) is 0 Å². The molecule has 0 unspecified atom stereocenters. The molecule has 0 amide bonds. The Balaban J connectivity index is 1.68. The van der Waals surface area contributed by atoms with Crippen molar-refractivity contribution in [3.05, 3.63) is 52.1 Å². The second-order valence-electron chi connectivity index (χ2n) is 6.43. The predicted octanol–water partition coefficient (Wildman–Crippen LogP) is 5.24. The number of aryl methyl sites for hydroxylation is 1. The van der Waals surface area contributed by atoms with Gasteiger partial charge < -0.3 is 10.6 Å². The lowest BCUT2D eigenvalue weighted by molar-refractivity contribution is 0.684. The van der Waals surface area contributed by atoms with E-state index in [4.69, 9.17) is 11.6 Å². The Morgan fingerprint density at radius 3 is 2.77 bits per heavy atom. The molecule has 0 bridgehead atoms. The van der Waals surface area contributed by atoms with Crippen molar-refractivity contribution in [1.29, 1.82) is 0 Å². The molecule has 2 heterocycles. The Kier molecular flexibility index (Phi) is 6.06. The second-order valence-corrected chi connectivity index (χ2v) is 7.95. The topological polar surface area (TPSA) is 62.7 Å². The molecule has 2 N–H and O–H groups in total. The van der Waals surface area contributed by atoms with E-state index in [1.54, 1.807) is 17.5 Å². The van der Waals surface area contributed by atoms with Crippen molar-refractivity contribution in [3.63, 3.8) is 0 Å². The normalized spacial score (nSPS) is 11.0. The van der Waals surface area contributed by atoms with Crippen LogP contribution in [-0.2, 0) is 6.54 Å². The summed E-state index contributed by atoms with van der Waals surface area (Å²) in [4.78, 5) is 14.6. The van der Waals surface area contributed by atoms with Gasteiger partial charge in [0.1, 0.15) is 10.8 Å². The summed E-state index contributed by atoms with van der Waals surface area (Å²) in [6.45, 7) is 7.85. The molecule has 7 heteroatoms. The van der Waals surface area contributed by atoms with Crippen LogP contribution < -0.4 is 10.6 Å². The quantitative estimate of drug-likeness (QED) is 0.580. The van der Waals surface area contributed by atoms with Crippen LogP contribution in [0, 0.1) is 12.8 Å². The summed E-state index contributed by atoms with van der Waals surface area (Å²) in [5.41, 5.74) is 2.06. The molecule has 0 aliphatic rings. The Hall–Kier alpha value is -2.18. The highest BCUT2D eigenvalue weighted by atomic mass is 35.5. The number of benzene rings is 1. The highest BCUT2D eigenvalue weighted by Gasteiger charge is 2.10. The third-order valence-electron chi connectivity index (χ3n) is 3.72. The molecular formula is C19H22ClN5S. The zero-order valence-corrected chi connectivity index (χ0v) is 16.7. The van der Waals surface area contributed by atoms with Gasteiger partial charge in [0, 0.05) is 28.2 Å². The first-order valence-electron chi connectivity index (χ1n) is 8.54. The van der Waals surface area contributed by atoms with Gasteiger partial charge in [-0.1, -0.05) is 37.6 Å². The van der Waals surface area contributed by atoms with Crippen LogP contribution in [0.2, 0.25) is 5.02 Å². The summed E-state index contributed by atoms with van der Waals surface area (Å²) < 4.78 is 0. The molecule has 0 radical (unpaired) electrons. The minimum atomic E-state index is 0.542. The molecule has 0 spiro atoms. The average Bonchev–Trinajstić information content (AvgIpc) is 2.99. The van der Waals surface area contributed by atoms with E-state index in [0.29, 0.717) is 18.4 Å². The first-order chi connectivity index (χ1) is 12.5. The fraction of sp³-hybridized carbons (Fsp3) is 0.316. The summed E-state index contributed by atoms with van der Waals surface area (Å²) in [7, 11) is 0. The van der Waals surface area contributed by atoms with Crippen LogP contribution >= 0.6 is 22.9 Å². The number of anilines is 2. The molecule has 0 aliphatic carbocycles. The summed E-state index contributed by atoms with van der Waals surface area (Å²) in [5.74, 6) is 1.98. The third kappa shape index (κ3) is 4.93. The van der Waals surface area contributed by atoms with Gasteiger partial charge >= 0.3 is 0 Å². The van der Waals surface area contributed by atoms with Crippen LogP contribution in [-0.4, -0.2) is 21.5 Å². The van der Waals surface area contributed by atoms with E-state index in [9.17, 15) is 0 Å². The van der Waals surface area contributed by atoms with Crippen LogP contribution in [0.4, 0.5) is 11.8 Å². The first-order valence-corrected chi connectivity index (χ1v) is 9.73. The van der Waals surface area contributed by atoms with E-state index >= 15 is 0 Å². The van der Waals surface area contributed by atoms with E-state index in [0.717, 1.165) is 33.7 Å². The maximum atomic E-state index is 6.09. The molecule has 0 atom stereocenters. The van der Waals surface area contributed by atoms with Gasteiger partial charge in [0.2, 0.25) is 5.95 Å². The molecule has 3 rings (SSSR count). The largest absolute Gasteiger partial charge is 0.365 e. The fourth-order valence-corrected chi connectivity index (χ4v) is 3.53. The summed E-state index contributed by atoms with van der Waals surface area (Å²) >= 11 is 7.75. The SMILES string of the molecule is Cc1nc(-c2cccc(Cl)c2)sc1CNc1ccnc(NCC(C)C)n1. The maximum Gasteiger partial charge on any atom is 0.224 e. The minimum Gasteiger partial charge on any atom is -0.365 e. The lowest BCUT2D eigenvalue weighted by Crippen LogP contribution is -2.11. The number of rotatable bonds is 7. The Morgan fingerprint density at radius 1 is 1.15 bits per heavy atom. The van der Waals surface area contributed by atoms with Gasteiger partial charge in [-0.2, -0.15) is 4.98 Å². The Morgan fingerprint density at radius 2 is 2.00 bits per heavy atom. The van der Waals surface area contributed by atoms with E-state index in [1.165, 1.54) is 4.88 Å².